The minimum Gasteiger partial charge on any atom is -0.506 e. The number of aliphatic hydroxyl groups is 1. The van der Waals surface area contributed by atoms with Gasteiger partial charge in [0.25, 0.3) is 0 Å². The lowest BCUT2D eigenvalue weighted by Crippen LogP contribution is -2.40. The van der Waals surface area contributed by atoms with Gasteiger partial charge in [-0.15, -0.1) is 0 Å². The van der Waals surface area contributed by atoms with Crippen LogP contribution in [0.2, 0.25) is 0 Å². The summed E-state index contributed by atoms with van der Waals surface area (Å²) >= 11 is 0. The summed E-state index contributed by atoms with van der Waals surface area (Å²) < 4.78 is 6.35. The molecule has 3 aromatic rings. The molecule has 0 aliphatic rings. The van der Waals surface area contributed by atoms with Crippen LogP contribution in [0.5, 0.6) is 11.5 Å². The van der Waals surface area contributed by atoms with Crippen LogP contribution >= 0.6 is 0 Å². The first-order valence-corrected chi connectivity index (χ1v) is 16.4. The molecule has 0 aliphatic carbocycles. The van der Waals surface area contributed by atoms with Gasteiger partial charge in [0.2, 0.25) is 6.41 Å². The van der Waals surface area contributed by atoms with E-state index in [0.717, 1.165) is 55.6 Å². The first-order valence-electron chi connectivity index (χ1n) is 16.4. The molecule has 0 saturated carbocycles. The fraction of sp³-hybridized carbons (Fsp3) is 0.444. The van der Waals surface area contributed by atoms with Crippen LogP contribution in [0.4, 0.5) is 33.2 Å². The van der Waals surface area contributed by atoms with Gasteiger partial charge in [-0.3, -0.25) is 9.69 Å². The first kappa shape index (κ1) is 36.0. The molecule has 2 unspecified atom stereocenters. The van der Waals surface area contributed by atoms with Crippen molar-refractivity contribution in [2.45, 2.75) is 86.0 Å². The molecule has 0 radical (unpaired) electrons. The molecule has 0 heterocycles. The lowest BCUT2D eigenvalue weighted by molar-refractivity contribution is -0.105. The van der Waals surface area contributed by atoms with Crippen LogP contribution in [-0.4, -0.2) is 54.6 Å². The number of anilines is 5. The van der Waals surface area contributed by atoms with E-state index in [9.17, 15) is 19.8 Å². The predicted octanol–water partition coefficient (Wildman–Crippen LogP) is 7.44. The van der Waals surface area contributed by atoms with Gasteiger partial charge >= 0.3 is 6.03 Å². The van der Waals surface area contributed by atoms with E-state index >= 15 is 0 Å². The number of urea groups is 1. The van der Waals surface area contributed by atoms with E-state index < -0.39 is 18.4 Å². The lowest BCUT2D eigenvalue weighted by atomic mass is 10.1. The van der Waals surface area contributed by atoms with E-state index in [1.54, 1.807) is 0 Å². The van der Waals surface area contributed by atoms with Crippen LogP contribution in [0.15, 0.2) is 54.6 Å². The maximum Gasteiger partial charge on any atom is 0.326 e. The number of hydrogen-bond donors (Lipinski definition) is 5. The second-order valence-electron chi connectivity index (χ2n) is 11.4. The molecular weight excluding hydrogens is 582 g/mol. The van der Waals surface area contributed by atoms with Gasteiger partial charge in [0, 0.05) is 31.4 Å². The third-order valence-electron chi connectivity index (χ3n) is 7.92. The lowest BCUT2D eigenvalue weighted by Gasteiger charge is -2.31. The van der Waals surface area contributed by atoms with Gasteiger partial charge in [-0.1, -0.05) is 44.4 Å². The summed E-state index contributed by atoms with van der Waals surface area (Å²) in [5.74, 6) is 0.445. The number of rotatable bonds is 18. The van der Waals surface area contributed by atoms with Gasteiger partial charge in [0.05, 0.1) is 22.7 Å². The van der Waals surface area contributed by atoms with Crippen LogP contribution in [0.3, 0.4) is 0 Å². The number of aromatic hydroxyl groups is 1. The Kier molecular flexibility index (Phi) is 14.0. The minimum absolute atomic E-state index is 0.116. The summed E-state index contributed by atoms with van der Waals surface area (Å²) in [5.41, 5.74) is 4.38. The van der Waals surface area contributed by atoms with Crippen LogP contribution in [-0.2, 0) is 4.79 Å². The number of unbranched alkanes of at least 4 members (excludes halogenated alkanes) is 2. The Labute approximate surface area is 273 Å². The highest BCUT2D eigenvalue weighted by Crippen LogP contribution is 2.40. The molecule has 250 valence electrons. The molecular formula is C36H51N5O5. The number of aliphatic hydroxyl groups excluding tert-OH is 1. The SMILES string of the molecule is CCCCNC(=O)N(c1ccc(N(CC)CC)cc1)c1cc(NC=O)c(O)cc1NC(O)C(CCCC)Oc1ccc(C)cc1C. The Hall–Kier alpha value is -4.44. The third-order valence-corrected chi connectivity index (χ3v) is 7.92. The summed E-state index contributed by atoms with van der Waals surface area (Å²) in [6.07, 6.45) is 2.62. The fourth-order valence-electron chi connectivity index (χ4n) is 5.31. The zero-order valence-electron chi connectivity index (χ0n) is 28.1. The maximum absolute atomic E-state index is 13.9. The molecule has 0 aliphatic heterocycles. The van der Waals surface area contributed by atoms with Gasteiger partial charge < -0.3 is 35.8 Å². The largest absolute Gasteiger partial charge is 0.506 e. The molecule has 10 nitrogen and oxygen atoms in total. The van der Waals surface area contributed by atoms with E-state index in [1.807, 2.05) is 63.2 Å². The highest BCUT2D eigenvalue weighted by Gasteiger charge is 2.27. The summed E-state index contributed by atoms with van der Waals surface area (Å²) in [7, 11) is 0. The summed E-state index contributed by atoms with van der Waals surface area (Å²) in [5, 5.41) is 31.1. The molecule has 0 aromatic heterocycles. The number of benzene rings is 3. The maximum atomic E-state index is 13.9. The summed E-state index contributed by atoms with van der Waals surface area (Å²) in [6.45, 7) is 14.4. The molecule has 3 aromatic carbocycles. The number of phenols is 1. The van der Waals surface area contributed by atoms with E-state index in [2.05, 4.69) is 41.6 Å². The topological polar surface area (TPSA) is 126 Å². The quantitative estimate of drug-likeness (QED) is 0.0427. The second-order valence-corrected chi connectivity index (χ2v) is 11.4. The van der Waals surface area contributed by atoms with Crippen molar-refractivity contribution in [1.29, 1.82) is 0 Å². The van der Waals surface area contributed by atoms with Crippen LogP contribution in [0.25, 0.3) is 0 Å². The molecule has 10 heteroatoms. The molecule has 5 N–H and O–H groups in total. The predicted molar refractivity (Wildman–Crippen MR) is 188 cm³/mol. The van der Waals surface area contributed by atoms with Crippen LogP contribution < -0.4 is 30.5 Å². The monoisotopic (exact) mass is 633 g/mol. The van der Waals surface area contributed by atoms with Crippen molar-refractivity contribution in [3.05, 3.63) is 65.7 Å². The number of amides is 3. The van der Waals surface area contributed by atoms with Crippen molar-refractivity contribution in [2.75, 3.05) is 40.1 Å². The smallest absolute Gasteiger partial charge is 0.326 e. The average Bonchev–Trinajstić information content (AvgIpc) is 3.03. The van der Waals surface area contributed by atoms with Gasteiger partial charge in [-0.2, -0.15) is 0 Å². The summed E-state index contributed by atoms with van der Waals surface area (Å²) in [6, 6.07) is 16.1. The van der Waals surface area contributed by atoms with E-state index in [1.165, 1.54) is 17.0 Å². The molecule has 0 saturated heterocycles. The molecule has 0 fully saturated rings. The molecule has 3 rings (SSSR count). The Morgan fingerprint density at radius 1 is 0.913 bits per heavy atom. The van der Waals surface area contributed by atoms with Crippen LogP contribution in [0, 0.1) is 13.8 Å². The normalized spacial score (nSPS) is 12.2. The Bertz CT molecular complexity index is 1410. The first-order chi connectivity index (χ1) is 22.2. The number of hydrogen-bond acceptors (Lipinski definition) is 7. The minimum atomic E-state index is -1.20. The van der Waals surface area contributed by atoms with Crippen molar-refractivity contribution in [1.82, 2.24) is 5.32 Å². The molecule has 2 atom stereocenters. The van der Waals surface area contributed by atoms with Gasteiger partial charge in [0.15, 0.2) is 6.23 Å². The number of carbonyl (C=O) groups excluding carboxylic acids is 2. The van der Waals surface area contributed by atoms with Crippen molar-refractivity contribution < 1.29 is 24.5 Å². The van der Waals surface area contributed by atoms with Gasteiger partial charge in [-0.25, -0.2) is 4.79 Å². The van der Waals surface area contributed by atoms with E-state index in [-0.39, 0.29) is 17.1 Å². The molecule has 46 heavy (non-hydrogen) atoms. The highest BCUT2D eigenvalue weighted by atomic mass is 16.5. The van der Waals surface area contributed by atoms with Crippen molar-refractivity contribution in [3.63, 3.8) is 0 Å². The average molecular weight is 634 g/mol. The summed E-state index contributed by atoms with van der Waals surface area (Å²) in [4.78, 5) is 29.0. The Balaban J connectivity index is 2.10. The zero-order valence-corrected chi connectivity index (χ0v) is 28.1. The second kappa shape index (κ2) is 17.9. The van der Waals surface area contributed by atoms with Gasteiger partial charge in [-0.05, 0) is 88.9 Å². The number of phenolic OH excluding ortho intramolecular Hbond substituents is 1. The van der Waals surface area contributed by atoms with Crippen LogP contribution in [0.1, 0.15) is 70.9 Å². The number of aryl methyl sites for hydroxylation is 2. The van der Waals surface area contributed by atoms with E-state index in [4.69, 9.17) is 4.74 Å². The number of nitrogens with one attached hydrogen (secondary N) is 3. The standard InChI is InChI=1S/C36H51N5O5/c1-7-11-13-34(46-33-19-14-25(5)21-26(33)6)35(44)39-29-23-32(43)30(38-24-42)22-31(29)41(36(45)37-20-12-8-2)28-17-15-27(16-18-28)40(9-3)10-4/h14-19,21-24,34-35,39,43-44H,7-13,20H2,1-6H3,(H,37,45)(H,38,42). The zero-order chi connectivity index (χ0) is 33.6. The molecule has 3 amide bonds. The van der Waals surface area contributed by atoms with Crippen molar-refractivity contribution in [2.24, 2.45) is 0 Å². The Morgan fingerprint density at radius 2 is 1.59 bits per heavy atom. The fourth-order valence-corrected chi connectivity index (χ4v) is 5.31. The number of nitrogens with zero attached hydrogens (tertiary/aromatic N) is 2. The Morgan fingerprint density at radius 3 is 2.20 bits per heavy atom. The van der Waals surface area contributed by atoms with Crippen molar-refractivity contribution >= 4 is 40.9 Å². The van der Waals surface area contributed by atoms with Gasteiger partial charge in [0.1, 0.15) is 17.6 Å². The highest BCUT2D eigenvalue weighted by molar-refractivity contribution is 6.04. The molecule has 0 bridgehead atoms. The third kappa shape index (κ3) is 9.53. The number of ether oxygens (including phenoxy) is 1. The van der Waals surface area contributed by atoms with E-state index in [0.29, 0.717) is 36.5 Å². The van der Waals surface area contributed by atoms with Crippen molar-refractivity contribution in [3.8, 4) is 11.5 Å². The number of carbonyl (C=O) groups is 2. The molecule has 0 spiro atoms.